The second-order valence-electron chi connectivity index (χ2n) is 6.54. The van der Waals surface area contributed by atoms with Gasteiger partial charge in [-0.3, -0.25) is 0 Å². The largest absolute Gasteiger partial charge is 0.519 e. The minimum absolute atomic E-state index is 0.0277. The molecule has 0 unspecified atom stereocenters. The first-order valence-corrected chi connectivity index (χ1v) is 10.1. The standard InChI is InChI=1S/C25H20O9/c1-3-31-23(27)17-11-5-8-14-20(17)33-25(29)34-21-15-9-6-12-18(21)24(28)32-19-13-7-4-10-16(19)22(26)30-2/h4-15H,3H2,1-2H3. The molecule has 0 heterocycles. The van der Waals surface area contributed by atoms with Crippen LogP contribution in [-0.2, 0) is 9.47 Å². The van der Waals surface area contributed by atoms with Crippen LogP contribution < -0.4 is 14.2 Å². The topological polar surface area (TPSA) is 114 Å². The lowest BCUT2D eigenvalue weighted by atomic mass is 10.2. The van der Waals surface area contributed by atoms with Crippen molar-refractivity contribution in [1.29, 1.82) is 0 Å². The number of para-hydroxylation sites is 3. The summed E-state index contributed by atoms with van der Waals surface area (Å²) < 4.78 is 25.3. The zero-order chi connectivity index (χ0) is 24.5. The van der Waals surface area contributed by atoms with E-state index in [2.05, 4.69) is 4.74 Å². The maximum absolute atomic E-state index is 12.8. The van der Waals surface area contributed by atoms with Crippen molar-refractivity contribution < 1.29 is 42.9 Å². The highest BCUT2D eigenvalue weighted by molar-refractivity contribution is 5.98. The molecule has 0 aliphatic carbocycles. The van der Waals surface area contributed by atoms with Gasteiger partial charge in [-0.1, -0.05) is 36.4 Å². The number of ether oxygens (including phenoxy) is 5. The van der Waals surface area contributed by atoms with Gasteiger partial charge >= 0.3 is 24.1 Å². The minimum Gasteiger partial charge on any atom is -0.465 e. The molecule has 0 saturated heterocycles. The van der Waals surface area contributed by atoms with Gasteiger partial charge < -0.3 is 23.7 Å². The van der Waals surface area contributed by atoms with Gasteiger partial charge in [0.15, 0.2) is 0 Å². The molecule has 0 radical (unpaired) electrons. The van der Waals surface area contributed by atoms with Gasteiger partial charge in [0.2, 0.25) is 0 Å². The van der Waals surface area contributed by atoms with Crippen LogP contribution in [0.4, 0.5) is 4.79 Å². The van der Waals surface area contributed by atoms with Crippen molar-refractivity contribution in [3.05, 3.63) is 89.5 Å². The number of carbonyl (C=O) groups is 4. The van der Waals surface area contributed by atoms with Gasteiger partial charge in [0, 0.05) is 0 Å². The van der Waals surface area contributed by atoms with Crippen molar-refractivity contribution in [3.63, 3.8) is 0 Å². The van der Waals surface area contributed by atoms with E-state index in [1.54, 1.807) is 31.2 Å². The van der Waals surface area contributed by atoms with Gasteiger partial charge in [0.25, 0.3) is 0 Å². The van der Waals surface area contributed by atoms with Crippen LogP contribution in [0.3, 0.4) is 0 Å². The molecule has 0 saturated carbocycles. The molecule has 0 spiro atoms. The molecule has 0 aliphatic heterocycles. The molecule has 0 bridgehead atoms. The molecule has 3 rings (SSSR count). The molecule has 3 aromatic carbocycles. The predicted octanol–water partition coefficient (Wildman–Crippen LogP) is 4.45. The van der Waals surface area contributed by atoms with Crippen molar-refractivity contribution >= 4 is 24.1 Å². The maximum Gasteiger partial charge on any atom is 0.519 e. The first-order valence-electron chi connectivity index (χ1n) is 10.1. The highest BCUT2D eigenvalue weighted by Crippen LogP contribution is 2.25. The van der Waals surface area contributed by atoms with Crippen molar-refractivity contribution in [2.24, 2.45) is 0 Å². The van der Waals surface area contributed by atoms with Gasteiger partial charge in [-0.15, -0.1) is 0 Å². The van der Waals surface area contributed by atoms with E-state index in [0.29, 0.717) is 0 Å². The van der Waals surface area contributed by atoms with Crippen molar-refractivity contribution in [3.8, 4) is 17.2 Å². The highest BCUT2D eigenvalue weighted by atomic mass is 16.7. The smallest absolute Gasteiger partial charge is 0.465 e. The molecule has 0 aromatic heterocycles. The van der Waals surface area contributed by atoms with E-state index in [0.717, 1.165) is 0 Å². The van der Waals surface area contributed by atoms with Crippen molar-refractivity contribution in [2.75, 3.05) is 13.7 Å². The summed E-state index contributed by atoms with van der Waals surface area (Å²) in [5.74, 6) is -2.48. The Morgan fingerprint density at radius 3 is 1.47 bits per heavy atom. The number of esters is 3. The molecule has 174 valence electrons. The Labute approximate surface area is 194 Å². The molecule has 9 nitrogen and oxygen atoms in total. The Bertz CT molecular complexity index is 1220. The van der Waals surface area contributed by atoms with E-state index in [1.807, 2.05) is 0 Å². The van der Waals surface area contributed by atoms with Crippen LogP contribution in [0.1, 0.15) is 38.0 Å². The third-order valence-corrected chi connectivity index (χ3v) is 4.37. The molecule has 0 fully saturated rings. The number of carbonyl (C=O) groups excluding carboxylic acids is 4. The summed E-state index contributed by atoms with van der Waals surface area (Å²) in [6.45, 7) is 1.79. The SMILES string of the molecule is CCOC(=O)c1ccccc1OC(=O)Oc1ccccc1C(=O)Oc1ccccc1C(=O)OC. The fourth-order valence-electron chi connectivity index (χ4n) is 2.85. The van der Waals surface area contributed by atoms with Crippen LogP contribution in [0.25, 0.3) is 0 Å². The first-order chi connectivity index (χ1) is 16.4. The summed E-state index contributed by atoms with van der Waals surface area (Å²) in [7, 11) is 1.20. The molecule has 3 aromatic rings. The molecule has 0 N–H and O–H groups in total. The Balaban J connectivity index is 1.78. The molecule has 0 amide bonds. The van der Waals surface area contributed by atoms with Crippen LogP contribution >= 0.6 is 0 Å². The van der Waals surface area contributed by atoms with Crippen LogP contribution in [-0.4, -0.2) is 37.8 Å². The van der Waals surface area contributed by atoms with E-state index in [1.165, 1.54) is 55.6 Å². The van der Waals surface area contributed by atoms with Crippen LogP contribution in [0.2, 0.25) is 0 Å². The van der Waals surface area contributed by atoms with Gasteiger partial charge in [-0.05, 0) is 43.3 Å². The van der Waals surface area contributed by atoms with Gasteiger partial charge in [-0.2, -0.15) is 0 Å². The quantitative estimate of drug-likeness (QED) is 0.284. The summed E-state index contributed by atoms with van der Waals surface area (Å²) >= 11 is 0. The monoisotopic (exact) mass is 464 g/mol. The zero-order valence-electron chi connectivity index (χ0n) is 18.3. The average molecular weight is 464 g/mol. The number of benzene rings is 3. The van der Waals surface area contributed by atoms with Crippen LogP contribution in [0, 0.1) is 0 Å². The van der Waals surface area contributed by atoms with E-state index in [9.17, 15) is 19.2 Å². The number of hydrogen-bond acceptors (Lipinski definition) is 9. The summed E-state index contributed by atoms with van der Waals surface area (Å²) in [5.41, 5.74) is -0.0158. The van der Waals surface area contributed by atoms with E-state index in [-0.39, 0.29) is 40.5 Å². The molecular weight excluding hydrogens is 444 g/mol. The molecule has 9 heteroatoms. The second-order valence-corrected chi connectivity index (χ2v) is 6.54. The Kier molecular flexibility index (Phi) is 7.96. The molecular formula is C25H20O9. The minimum atomic E-state index is -1.19. The van der Waals surface area contributed by atoms with Gasteiger partial charge in [0.1, 0.15) is 33.9 Å². The van der Waals surface area contributed by atoms with Crippen molar-refractivity contribution in [2.45, 2.75) is 6.92 Å². The third-order valence-electron chi connectivity index (χ3n) is 4.37. The highest BCUT2D eigenvalue weighted by Gasteiger charge is 2.22. The lowest BCUT2D eigenvalue weighted by molar-refractivity contribution is 0.0521. The van der Waals surface area contributed by atoms with E-state index < -0.39 is 24.1 Å². The number of hydrogen-bond donors (Lipinski definition) is 0. The Morgan fingerprint density at radius 2 is 1.00 bits per heavy atom. The van der Waals surface area contributed by atoms with Crippen molar-refractivity contribution in [1.82, 2.24) is 0 Å². The molecule has 34 heavy (non-hydrogen) atoms. The lowest BCUT2D eigenvalue weighted by Gasteiger charge is -2.12. The zero-order valence-corrected chi connectivity index (χ0v) is 18.3. The normalized spacial score (nSPS) is 10.1. The maximum atomic E-state index is 12.8. The van der Waals surface area contributed by atoms with E-state index in [4.69, 9.17) is 18.9 Å². The Hall–Kier alpha value is -4.66. The number of methoxy groups -OCH3 is 1. The number of rotatable bonds is 7. The summed E-state index contributed by atoms with van der Waals surface area (Å²) in [6.07, 6.45) is -1.19. The lowest BCUT2D eigenvalue weighted by Crippen LogP contribution is -2.19. The van der Waals surface area contributed by atoms with Crippen LogP contribution in [0.5, 0.6) is 17.2 Å². The van der Waals surface area contributed by atoms with Gasteiger partial charge in [-0.25, -0.2) is 19.2 Å². The summed E-state index contributed by atoms with van der Waals surface area (Å²) in [6, 6.07) is 17.8. The molecule has 0 atom stereocenters. The third kappa shape index (κ3) is 5.77. The molecule has 0 aliphatic rings. The fraction of sp³-hybridized carbons (Fsp3) is 0.120. The predicted molar refractivity (Wildman–Crippen MR) is 118 cm³/mol. The van der Waals surface area contributed by atoms with E-state index >= 15 is 0 Å². The second kappa shape index (κ2) is 11.3. The van der Waals surface area contributed by atoms with Gasteiger partial charge in [0.05, 0.1) is 13.7 Å². The Morgan fingerprint density at radius 1 is 0.588 bits per heavy atom. The fourth-order valence-corrected chi connectivity index (χ4v) is 2.85. The first kappa shape index (κ1) is 24.0. The summed E-state index contributed by atoms with van der Waals surface area (Å²) in [5, 5.41) is 0. The van der Waals surface area contributed by atoms with Crippen LogP contribution in [0.15, 0.2) is 72.8 Å². The average Bonchev–Trinajstić information content (AvgIpc) is 2.84. The summed E-state index contributed by atoms with van der Waals surface area (Å²) in [4.78, 5) is 49.2.